The number of fused-ring (bicyclic) bond motifs is 3. The van der Waals surface area contributed by atoms with Gasteiger partial charge in [-0.1, -0.05) is 64.0 Å². The van der Waals surface area contributed by atoms with Crippen LogP contribution in [0, 0.1) is 0 Å². The lowest BCUT2D eigenvalue weighted by Gasteiger charge is -2.37. The molecule has 194 valence electrons. The zero-order valence-corrected chi connectivity index (χ0v) is 21.9. The van der Waals surface area contributed by atoms with Crippen LogP contribution in [-0.4, -0.2) is 49.7 Å². The van der Waals surface area contributed by atoms with Crippen molar-refractivity contribution in [3.8, 4) is 17.2 Å². The third-order valence-electron chi connectivity index (χ3n) is 7.76. The first kappa shape index (κ1) is 25.2. The molecule has 0 saturated carbocycles. The Balaban J connectivity index is 1.57. The second kappa shape index (κ2) is 10.1. The number of carbonyl (C=O) groups excluding carboxylic acids is 1. The van der Waals surface area contributed by atoms with E-state index in [0.29, 0.717) is 5.69 Å². The standard InChI is InChI=1S/C31H36N2O4/c1-4-6-15-32(16-7-5-2)29-30(36)27(31(29)37)26-24(34)17-20(18-25(26)35)33-23-14-9-8-12-21(23)22-13-10-11-19(3)28(22)33/h8-10,12-14,17-19,29,34-36H,4-7,11,15-16H2,1-3H3. The maximum atomic E-state index is 13.3. The minimum Gasteiger partial charge on any atom is -0.509 e. The Bertz CT molecular complexity index is 1380. The highest BCUT2D eigenvalue weighted by Crippen LogP contribution is 2.46. The number of unbranched alkanes of at least 4 members (excludes halogenated alkanes) is 2. The zero-order valence-electron chi connectivity index (χ0n) is 21.9. The summed E-state index contributed by atoms with van der Waals surface area (Å²) in [6.07, 6.45) is 9.09. The third kappa shape index (κ3) is 4.13. The highest BCUT2D eigenvalue weighted by atomic mass is 16.3. The van der Waals surface area contributed by atoms with E-state index in [1.807, 2.05) is 23.1 Å². The molecule has 0 spiro atoms. The summed E-state index contributed by atoms with van der Waals surface area (Å²) in [5, 5.41) is 34.3. The molecule has 0 aliphatic heterocycles. The van der Waals surface area contributed by atoms with Crippen molar-refractivity contribution in [3.05, 3.63) is 65.1 Å². The number of phenols is 2. The molecule has 0 radical (unpaired) electrons. The van der Waals surface area contributed by atoms with Crippen molar-refractivity contribution >= 4 is 28.3 Å². The van der Waals surface area contributed by atoms with E-state index in [2.05, 4.69) is 43.6 Å². The van der Waals surface area contributed by atoms with Crippen LogP contribution in [0.5, 0.6) is 11.5 Å². The summed E-state index contributed by atoms with van der Waals surface area (Å²) in [5.41, 5.74) is 3.90. The molecule has 2 unspecified atom stereocenters. The number of aromatic hydroxyl groups is 2. The lowest BCUT2D eigenvalue weighted by Crippen LogP contribution is -2.50. The number of nitrogens with zero attached hydrogens (tertiary/aromatic N) is 2. The molecule has 2 atom stereocenters. The fourth-order valence-electron chi connectivity index (χ4n) is 5.84. The van der Waals surface area contributed by atoms with Gasteiger partial charge in [-0.25, -0.2) is 0 Å². The van der Waals surface area contributed by atoms with Gasteiger partial charge in [-0.15, -0.1) is 0 Å². The highest BCUT2D eigenvalue weighted by Gasteiger charge is 2.45. The van der Waals surface area contributed by atoms with Gasteiger partial charge >= 0.3 is 0 Å². The number of para-hydroxylation sites is 1. The molecule has 2 aliphatic rings. The van der Waals surface area contributed by atoms with Gasteiger partial charge < -0.3 is 19.9 Å². The molecule has 1 aromatic heterocycles. The van der Waals surface area contributed by atoms with Crippen molar-refractivity contribution in [1.29, 1.82) is 0 Å². The predicted molar refractivity (Wildman–Crippen MR) is 148 cm³/mol. The van der Waals surface area contributed by atoms with Crippen LogP contribution >= 0.6 is 0 Å². The number of aliphatic hydroxyl groups excluding tert-OH is 1. The largest absolute Gasteiger partial charge is 0.509 e. The molecule has 0 bridgehead atoms. The Morgan fingerprint density at radius 2 is 1.65 bits per heavy atom. The number of ketones is 1. The molecule has 6 heteroatoms. The van der Waals surface area contributed by atoms with Crippen LogP contribution in [0.25, 0.3) is 28.2 Å². The quantitative estimate of drug-likeness (QED) is 0.305. The summed E-state index contributed by atoms with van der Waals surface area (Å²) < 4.78 is 2.08. The maximum Gasteiger partial charge on any atom is 0.192 e. The van der Waals surface area contributed by atoms with Crippen LogP contribution in [0.3, 0.4) is 0 Å². The summed E-state index contributed by atoms with van der Waals surface area (Å²) >= 11 is 0. The Labute approximate surface area is 218 Å². The first-order valence-electron chi connectivity index (χ1n) is 13.5. The van der Waals surface area contributed by atoms with Crippen molar-refractivity contribution < 1.29 is 20.1 Å². The van der Waals surface area contributed by atoms with E-state index in [1.165, 1.54) is 0 Å². The van der Waals surface area contributed by atoms with Crippen molar-refractivity contribution in [1.82, 2.24) is 9.47 Å². The van der Waals surface area contributed by atoms with E-state index < -0.39 is 6.04 Å². The fourth-order valence-corrected chi connectivity index (χ4v) is 5.84. The van der Waals surface area contributed by atoms with Gasteiger partial charge in [0.05, 0.1) is 22.3 Å². The number of aliphatic hydroxyl groups is 1. The Hall–Kier alpha value is -3.51. The lowest BCUT2D eigenvalue weighted by atomic mass is 9.81. The SMILES string of the molecule is CCCCN(CCCC)C1C(=O)C(c2c(O)cc(-n3c4c(c5ccccc53)C=CCC4C)cc2O)=C1O. The van der Waals surface area contributed by atoms with Crippen LogP contribution in [0.15, 0.2) is 48.2 Å². The number of phenolic OH excluding ortho intramolecular Hbond substituents is 2. The zero-order chi connectivity index (χ0) is 26.3. The number of hydrogen-bond donors (Lipinski definition) is 3. The number of hydrogen-bond acceptors (Lipinski definition) is 5. The molecular weight excluding hydrogens is 464 g/mol. The van der Waals surface area contributed by atoms with E-state index in [9.17, 15) is 20.1 Å². The monoisotopic (exact) mass is 500 g/mol. The number of carbonyl (C=O) groups is 1. The smallest absolute Gasteiger partial charge is 0.192 e. The van der Waals surface area contributed by atoms with Gasteiger partial charge in [-0.2, -0.15) is 0 Å². The molecule has 3 aromatic rings. The van der Waals surface area contributed by atoms with E-state index in [0.717, 1.165) is 67.4 Å². The van der Waals surface area contributed by atoms with E-state index in [-0.39, 0.29) is 40.1 Å². The molecule has 2 aliphatic carbocycles. The van der Waals surface area contributed by atoms with Crippen molar-refractivity contribution in [2.24, 2.45) is 0 Å². The molecule has 1 heterocycles. The number of rotatable bonds is 9. The van der Waals surface area contributed by atoms with Crippen LogP contribution < -0.4 is 0 Å². The summed E-state index contributed by atoms with van der Waals surface area (Å²) in [4.78, 5) is 15.3. The molecule has 5 rings (SSSR count). The van der Waals surface area contributed by atoms with E-state index in [1.54, 1.807) is 12.1 Å². The average Bonchev–Trinajstić information content (AvgIpc) is 3.23. The summed E-state index contributed by atoms with van der Waals surface area (Å²) in [6.45, 7) is 7.81. The van der Waals surface area contributed by atoms with Gasteiger partial charge in [0.1, 0.15) is 23.3 Å². The summed E-state index contributed by atoms with van der Waals surface area (Å²) in [7, 11) is 0. The molecule has 0 fully saturated rings. The van der Waals surface area contributed by atoms with Crippen LogP contribution in [0.2, 0.25) is 0 Å². The summed E-state index contributed by atoms with van der Waals surface area (Å²) in [6, 6.07) is 10.6. The molecule has 3 N–H and O–H groups in total. The predicted octanol–water partition coefficient (Wildman–Crippen LogP) is 6.68. The summed E-state index contributed by atoms with van der Waals surface area (Å²) in [5.74, 6) is -0.511. The topological polar surface area (TPSA) is 85.9 Å². The van der Waals surface area contributed by atoms with Crippen LogP contribution in [-0.2, 0) is 4.79 Å². The maximum absolute atomic E-state index is 13.3. The Morgan fingerprint density at radius 1 is 1.00 bits per heavy atom. The van der Waals surface area contributed by atoms with Gasteiger partial charge in [-0.3, -0.25) is 9.69 Å². The van der Waals surface area contributed by atoms with Crippen molar-refractivity contribution in [2.45, 2.75) is 64.8 Å². The van der Waals surface area contributed by atoms with Gasteiger partial charge in [0.15, 0.2) is 5.78 Å². The normalized spacial score (nSPS) is 19.1. The molecule has 2 aromatic carbocycles. The molecule has 0 amide bonds. The molecule has 0 saturated heterocycles. The van der Waals surface area contributed by atoms with Crippen molar-refractivity contribution in [2.75, 3.05) is 13.1 Å². The number of benzene rings is 2. The Kier molecular flexibility index (Phi) is 6.86. The first-order chi connectivity index (χ1) is 17.9. The first-order valence-corrected chi connectivity index (χ1v) is 13.5. The lowest BCUT2D eigenvalue weighted by molar-refractivity contribution is -0.121. The molecule has 37 heavy (non-hydrogen) atoms. The minimum atomic E-state index is -0.709. The second-order valence-electron chi connectivity index (χ2n) is 10.3. The van der Waals surface area contributed by atoms with E-state index >= 15 is 0 Å². The minimum absolute atomic E-state index is 0.00621. The van der Waals surface area contributed by atoms with Crippen LogP contribution in [0.4, 0.5) is 0 Å². The second-order valence-corrected chi connectivity index (χ2v) is 10.3. The highest BCUT2D eigenvalue weighted by molar-refractivity contribution is 6.32. The Morgan fingerprint density at radius 3 is 2.27 bits per heavy atom. The number of Topliss-reactive ketones (excluding diaryl/α,β-unsaturated/α-hetero) is 1. The van der Waals surface area contributed by atoms with Gasteiger partial charge in [0, 0.05) is 34.7 Å². The fraction of sp³-hybridized carbons (Fsp3) is 0.387. The van der Waals surface area contributed by atoms with Crippen LogP contribution in [0.1, 0.15) is 75.6 Å². The number of aromatic nitrogens is 1. The van der Waals surface area contributed by atoms with E-state index in [4.69, 9.17) is 0 Å². The average molecular weight is 501 g/mol. The molecule has 6 nitrogen and oxygen atoms in total. The van der Waals surface area contributed by atoms with Crippen molar-refractivity contribution in [3.63, 3.8) is 0 Å². The third-order valence-corrected chi connectivity index (χ3v) is 7.76. The molecular formula is C31H36N2O4. The number of allylic oxidation sites excluding steroid dienone is 1. The van der Waals surface area contributed by atoms with Gasteiger partial charge in [0.2, 0.25) is 0 Å². The van der Waals surface area contributed by atoms with Gasteiger partial charge in [-0.05, 0) is 38.4 Å². The van der Waals surface area contributed by atoms with Gasteiger partial charge in [0.25, 0.3) is 0 Å².